The lowest BCUT2D eigenvalue weighted by atomic mass is 10.1. The molecule has 1 heterocycles. The van der Waals surface area contributed by atoms with Crippen LogP contribution in [-0.2, 0) is 10.0 Å². The van der Waals surface area contributed by atoms with Crippen molar-refractivity contribution in [2.75, 3.05) is 19.6 Å². The van der Waals surface area contributed by atoms with Crippen LogP contribution in [0.15, 0.2) is 53.4 Å². The molecule has 6 nitrogen and oxygen atoms in total. The lowest BCUT2D eigenvalue weighted by Gasteiger charge is -2.25. The van der Waals surface area contributed by atoms with E-state index in [0.29, 0.717) is 6.54 Å². The number of halogens is 1. The lowest BCUT2D eigenvalue weighted by molar-refractivity contribution is 0.0926. The Labute approximate surface area is 158 Å². The Morgan fingerprint density at radius 2 is 1.81 bits per heavy atom. The molecule has 0 unspecified atom stereocenters. The molecule has 3 N–H and O–H groups in total. The van der Waals surface area contributed by atoms with Gasteiger partial charge < -0.3 is 10.2 Å². The molecule has 0 bridgehead atoms. The van der Waals surface area contributed by atoms with Crippen LogP contribution in [-0.4, -0.2) is 38.9 Å². The average Bonchev–Trinajstić information content (AvgIpc) is 3.14. The second-order valence-electron chi connectivity index (χ2n) is 6.63. The highest BCUT2D eigenvalue weighted by Gasteiger charge is 2.22. The van der Waals surface area contributed by atoms with Crippen molar-refractivity contribution in [2.45, 2.75) is 23.8 Å². The minimum atomic E-state index is -4.17. The summed E-state index contributed by atoms with van der Waals surface area (Å²) in [6, 6.07) is 12.5. The quantitative estimate of drug-likeness (QED) is 0.788. The number of sulfonamides is 1. The second kappa shape index (κ2) is 8.16. The van der Waals surface area contributed by atoms with E-state index in [1.165, 1.54) is 6.07 Å². The molecule has 1 saturated heterocycles. The zero-order valence-electron chi connectivity index (χ0n) is 14.8. The van der Waals surface area contributed by atoms with Gasteiger partial charge in [-0.3, -0.25) is 4.79 Å². The number of nitrogens with zero attached hydrogens (tertiary/aromatic N) is 1. The topological polar surface area (TPSA) is 92.5 Å². The molecule has 0 radical (unpaired) electrons. The van der Waals surface area contributed by atoms with Crippen molar-refractivity contribution in [2.24, 2.45) is 5.14 Å². The number of likely N-dealkylation sites (tertiary alicyclic amines) is 1. The first-order chi connectivity index (χ1) is 12.8. The van der Waals surface area contributed by atoms with E-state index < -0.39 is 26.6 Å². The van der Waals surface area contributed by atoms with Gasteiger partial charge in [-0.2, -0.15) is 0 Å². The van der Waals surface area contributed by atoms with Gasteiger partial charge in [-0.25, -0.2) is 17.9 Å². The fourth-order valence-corrected chi connectivity index (χ4v) is 3.85. The molecule has 2 aromatic rings. The van der Waals surface area contributed by atoms with Crippen LogP contribution in [0.5, 0.6) is 0 Å². The summed E-state index contributed by atoms with van der Waals surface area (Å²) in [6.07, 6.45) is 2.27. The summed E-state index contributed by atoms with van der Waals surface area (Å²) in [4.78, 5) is 14.3. The number of hydrogen-bond donors (Lipinski definition) is 2. The average molecular weight is 391 g/mol. The first-order valence-corrected chi connectivity index (χ1v) is 10.3. The summed E-state index contributed by atoms with van der Waals surface area (Å²) in [5.41, 5.74) is 1.00. The fraction of sp³-hybridized carbons (Fsp3) is 0.316. The molecule has 0 spiro atoms. The first kappa shape index (κ1) is 19.5. The summed E-state index contributed by atoms with van der Waals surface area (Å²) in [6.45, 7) is 2.63. The number of benzene rings is 2. The molecular weight excluding hydrogens is 369 g/mol. The third kappa shape index (κ3) is 4.91. The Hall–Kier alpha value is -2.29. The van der Waals surface area contributed by atoms with E-state index in [-0.39, 0.29) is 11.6 Å². The predicted molar refractivity (Wildman–Crippen MR) is 100 cm³/mol. The van der Waals surface area contributed by atoms with Gasteiger partial charge >= 0.3 is 0 Å². The normalized spacial score (nSPS) is 16.2. The molecule has 144 valence electrons. The van der Waals surface area contributed by atoms with E-state index in [4.69, 9.17) is 5.14 Å². The number of primary sulfonamides is 1. The van der Waals surface area contributed by atoms with Gasteiger partial charge in [0.05, 0.1) is 6.04 Å². The maximum atomic E-state index is 14.0. The Balaban J connectivity index is 1.80. The van der Waals surface area contributed by atoms with Gasteiger partial charge in [0.2, 0.25) is 10.0 Å². The maximum absolute atomic E-state index is 14.0. The van der Waals surface area contributed by atoms with Crippen LogP contribution in [0, 0.1) is 5.82 Å². The van der Waals surface area contributed by atoms with Gasteiger partial charge in [0.15, 0.2) is 0 Å². The molecule has 1 aliphatic heterocycles. The van der Waals surface area contributed by atoms with Crippen LogP contribution < -0.4 is 10.5 Å². The summed E-state index contributed by atoms with van der Waals surface area (Å²) in [7, 11) is -4.17. The third-order valence-corrected chi connectivity index (χ3v) is 5.59. The van der Waals surface area contributed by atoms with Gasteiger partial charge in [0, 0.05) is 12.1 Å². The van der Waals surface area contributed by atoms with E-state index in [9.17, 15) is 17.6 Å². The van der Waals surface area contributed by atoms with Crippen molar-refractivity contribution in [3.8, 4) is 0 Å². The Morgan fingerprint density at radius 3 is 2.41 bits per heavy atom. The molecule has 3 rings (SSSR count). The molecule has 27 heavy (non-hydrogen) atoms. The lowest BCUT2D eigenvalue weighted by Crippen LogP contribution is -2.37. The van der Waals surface area contributed by atoms with Crippen LogP contribution in [0.4, 0.5) is 4.39 Å². The number of rotatable bonds is 6. The van der Waals surface area contributed by atoms with Gasteiger partial charge in [-0.05, 0) is 49.7 Å². The minimum Gasteiger partial charge on any atom is -0.344 e. The van der Waals surface area contributed by atoms with Gasteiger partial charge in [-0.1, -0.05) is 30.3 Å². The zero-order valence-corrected chi connectivity index (χ0v) is 15.6. The molecule has 1 atom stereocenters. The maximum Gasteiger partial charge on any atom is 0.251 e. The Bertz CT molecular complexity index is 913. The largest absolute Gasteiger partial charge is 0.344 e. The molecule has 1 amide bonds. The first-order valence-electron chi connectivity index (χ1n) is 8.75. The van der Waals surface area contributed by atoms with E-state index in [0.717, 1.165) is 43.6 Å². The van der Waals surface area contributed by atoms with E-state index in [2.05, 4.69) is 10.2 Å². The molecule has 1 fully saturated rings. The minimum absolute atomic E-state index is 0.0438. The number of carbonyl (C=O) groups excluding carboxylic acids is 1. The van der Waals surface area contributed by atoms with Crippen molar-refractivity contribution in [3.63, 3.8) is 0 Å². The highest BCUT2D eigenvalue weighted by Crippen LogP contribution is 2.20. The molecule has 0 aromatic heterocycles. The summed E-state index contributed by atoms with van der Waals surface area (Å²) in [5.74, 6) is -1.51. The standard InChI is InChI=1S/C19H22FN3O3S/c20-16-12-15(8-9-18(16)27(21,25)26)19(24)22-17(13-23-10-4-5-11-23)14-6-2-1-3-7-14/h1-3,6-9,12,17H,4-5,10-11,13H2,(H,22,24)(H2,21,25,26)/t17-/m0/s1. The number of amides is 1. The third-order valence-electron chi connectivity index (χ3n) is 4.65. The van der Waals surface area contributed by atoms with Crippen molar-refractivity contribution in [1.82, 2.24) is 10.2 Å². The Kier molecular flexibility index (Phi) is 5.88. The molecule has 8 heteroatoms. The highest BCUT2D eigenvalue weighted by atomic mass is 32.2. The van der Waals surface area contributed by atoms with Crippen LogP contribution in [0.2, 0.25) is 0 Å². The molecule has 0 saturated carbocycles. The Morgan fingerprint density at radius 1 is 1.15 bits per heavy atom. The van der Waals surface area contributed by atoms with Crippen molar-refractivity contribution in [3.05, 3.63) is 65.5 Å². The number of nitrogens with one attached hydrogen (secondary N) is 1. The van der Waals surface area contributed by atoms with Crippen LogP contribution in [0.25, 0.3) is 0 Å². The zero-order chi connectivity index (χ0) is 19.4. The van der Waals surface area contributed by atoms with E-state index in [1.54, 1.807) is 0 Å². The number of nitrogens with two attached hydrogens (primary N) is 1. The van der Waals surface area contributed by atoms with E-state index >= 15 is 0 Å². The van der Waals surface area contributed by atoms with Crippen LogP contribution in [0.1, 0.15) is 34.8 Å². The molecule has 0 aliphatic carbocycles. The monoisotopic (exact) mass is 391 g/mol. The second-order valence-corrected chi connectivity index (χ2v) is 8.16. The SMILES string of the molecule is NS(=O)(=O)c1ccc(C(=O)N[C@@H](CN2CCCC2)c2ccccc2)cc1F. The fourth-order valence-electron chi connectivity index (χ4n) is 3.26. The summed E-state index contributed by atoms with van der Waals surface area (Å²) >= 11 is 0. The predicted octanol–water partition coefficient (Wildman–Crippen LogP) is 2.04. The van der Waals surface area contributed by atoms with Crippen molar-refractivity contribution >= 4 is 15.9 Å². The molecule has 2 aromatic carbocycles. The summed E-state index contributed by atoms with van der Waals surface area (Å²) in [5, 5.41) is 7.89. The van der Waals surface area contributed by atoms with E-state index in [1.807, 2.05) is 30.3 Å². The van der Waals surface area contributed by atoms with Crippen molar-refractivity contribution < 1.29 is 17.6 Å². The number of hydrogen-bond acceptors (Lipinski definition) is 4. The van der Waals surface area contributed by atoms with Crippen LogP contribution in [0.3, 0.4) is 0 Å². The molecule has 1 aliphatic rings. The van der Waals surface area contributed by atoms with Gasteiger partial charge in [-0.15, -0.1) is 0 Å². The summed E-state index contributed by atoms with van der Waals surface area (Å²) < 4.78 is 36.7. The van der Waals surface area contributed by atoms with Gasteiger partial charge in [0.25, 0.3) is 5.91 Å². The smallest absolute Gasteiger partial charge is 0.251 e. The van der Waals surface area contributed by atoms with Crippen LogP contribution >= 0.6 is 0 Å². The van der Waals surface area contributed by atoms with Gasteiger partial charge in [0.1, 0.15) is 10.7 Å². The number of carbonyl (C=O) groups is 1. The highest BCUT2D eigenvalue weighted by molar-refractivity contribution is 7.89. The molecular formula is C19H22FN3O3S. The van der Waals surface area contributed by atoms with Crippen molar-refractivity contribution in [1.29, 1.82) is 0 Å².